The lowest BCUT2D eigenvalue weighted by Gasteiger charge is -2.15. The minimum Gasteiger partial charge on any atom is -0.496 e. The van der Waals surface area contributed by atoms with Crippen LogP contribution in [0.1, 0.15) is 17.4 Å². The summed E-state index contributed by atoms with van der Waals surface area (Å²) in [7, 11) is 1.72. The number of nitrogens with one attached hydrogen (secondary N) is 1. The molecule has 2 aromatic rings. The first-order valence-corrected chi connectivity index (χ1v) is 7.95. The Morgan fingerprint density at radius 3 is 2.79 bits per heavy atom. The van der Waals surface area contributed by atoms with Crippen LogP contribution in [0.2, 0.25) is 0 Å². The van der Waals surface area contributed by atoms with Crippen molar-refractivity contribution in [2.24, 2.45) is 0 Å². The lowest BCUT2D eigenvalue weighted by Crippen LogP contribution is -2.27. The van der Waals surface area contributed by atoms with Crippen LogP contribution >= 0.6 is 27.3 Å². The topological polar surface area (TPSA) is 21.3 Å². The van der Waals surface area contributed by atoms with E-state index in [1.54, 1.807) is 18.4 Å². The van der Waals surface area contributed by atoms with Gasteiger partial charge in [-0.25, -0.2) is 0 Å². The van der Waals surface area contributed by atoms with Gasteiger partial charge in [-0.15, -0.1) is 11.3 Å². The van der Waals surface area contributed by atoms with Gasteiger partial charge in [-0.2, -0.15) is 0 Å². The van der Waals surface area contributed by atoms with Crippen LogP contribution in [0.15, 0.2) is 40.2 Å². The largest absolute Gasteiger partial charge is 0.496 e. The molecule has 1 heterocycles. The molecular weight excluding hydrogens is 322 g/mol. The molecule has 0 aliphatic carbocycles. The van der Waals surface area contributed by atoms with Gasteiger partial charge in [0.25, 0.3) is 0 Å². The fourth-order valence-electron chi connectivity index (χ4n) is 1.99. The molecular formula is C15H18BrNOS. The Labute approximate surface area is 126 Å². The van der Waals surface area contributed by atoms with Crippen molar-refractivity contribution >= 4 is 27.3 Å². The number of hydrogen-bond donors (Lipinski definition) is 1. The highest BCUT2D eigenvalue weighted by molar-refractivity contribution is 9.10. The lowest BCUT2D eigenvalue weighted by atomic mass is 10.1. The van der Waals surface area contributed by atoms with Crippen molar-refractivity contribution in [3.05, 3.63) is 50.6 Å². The number of ether oxygens (including phenoxy) is 1. The zero-order valence-corrected chi connectivity index (χ0v) is 13.6. The summed E-state index contributed by atoms with van der Waals surface area (Å²) in [4.78, 5) is 1.34. The SMILES string of the molecule is COc1ccccc1CC(C)NCc1sccc1Br. The average molecular weight is 340 g/mol. The molecule has 2 rings (SSSR count). The molecule has 0 saturated heterocycles. The van der Waals surface area contributed by atoms with Crippen LogP contribution in [0.4, 0.5) is 0 Å². The molecule has 1 unspecified atom stereocenters. The van der Waals surface area contributed by atoms with Crippen LogP contribution in [0.25, 0.3) is 0 Å². The van der Waals surface area contributed by atoms with Gasteiger partial charge in [-0.05, 0) is 52.4 Å². The second-order valence-corrected chi connectivity index (χ2v) is 6.34. The first kappa shape index (κ1) is 14.6. The van der Waals surface area contributed by atoms with Crippen molar-refractivity contribution in [1.29, 1.82) is 0 Å². The number of benzene rings is 1. The Hall–Kier alpha value is -0.840. The van der Waals surface area contributed by atoms with Gasteiger partial charge >= 0.3 is 0 Å². The summed E-state index contributed by atoms with van der Waals surface area (Å²) < 4.78 is 6.57. The molecule has 1 atom stereocenters. The van der Waals surface area contributed by atoms with E-state index in [1.165, 1.54) is 14.9 Å². The molecule has 2 nitrogen and oxygen atoms in total. The Morgan fingerprint density at radius 1 is 1.32 bits per heavy atom. The van der Waals surface area contributed by atoms with Crippen molar-refractivity contribution in [1.82, 2.24) is 5.32 Å². The average Bonchev–Trinajstić information content (AvgIpc) is 2.82. The number of para-hydroxylation sites is 1. The first-order chi connectivity index (χ1) is 9.20. The molecule has 4 heteroatoms. The molecule has 0 radical (unpaired) electrons. The zero-order chi connectivity index (χ0) is 13.7. The number of rotatable bonds is 6. The maximum absolute atomic E-state index is 5.38. The molecule has 102 valence electrons. The summed E-state index contributed by atoms with van der Waals surface area (Å²) >= 11 is 5.33. The quantitative estimate of drug-likeness (QED) is 0.849. The van der Waals surface area contributed by atoms with Crippen LogP contribution in [0.3, 0.4) is 0 Å². The summed E-state index contributed by atoms with van der Waals surface area (Å²) in [6.45, 7) is 3.10. The van der Waals surface area contributed by atoms with Gasteiger partial charge in [0, 0.05) is 21.9 Å². The van der Waals surface area contributed by atoms with E-state index in [9.17, 15) is 0 Å². The van der Waals surface area contributed by atoms with Crippen molar-refractivity contribution in [3.63, 3.8) is 0 Å². The Kier molecular flexibility index (Phi) is 5.43. The molecule has 0 aliphatic heterocycles. The Balaban J connectivity index is 1.90. The van der Waals surface area contributed by atoms with Gasteiger partial charge in [0.2, 0.25) is 0 Å². The highest BCUT2D eigenvalue weighted by Crippen LogP contribution is 2.23. The van der Waals surface area contributed by atoms with Gasteiger partial charge in [0.05, 0.1) is 7.11 Å². The molecule has 1 aromatic carbocycles. The van der Waals surface area contributed by atoms with Crippen LogP contribution in [-0.4, -0.2) is 13.2 Å². The van der Waals surface area contributed by atoms with Gasteiger partial charge < -0.3 is 10.1 Å². The fourth-order valence-corrected chi connectivity index (χ4v) is 3.44. The lowest BCUT2D eigenvalue weighted by molar-refractivity contribution is 0.406. The second kappa shape index (κ2) is 7.08. The molecule has 0 bridgehead atoms. The van der Waals surface area contributed by atoms with Crippen molar-refractivity contribution < 1.29 is 4.74 Å². The minimum absolute atomic E-state index is 0.408. The third kappa shape index (κ3) is 4.06. The van der Waals surface area contributed by atoms with Gasteiger partial charge in [-0.1, -0.05) is 18.2 Å². The van der Waals surface area contributed by atoms with Crippen LogP contribution in [-0.2, 0) is 13.0 Å². The molecule has 0 aliphatic rings. The van der Waals surface area contributed by atoms with Crippen LogP contribution in [0.5, 0.6) is 5.75 Å². The summed E-state index contributed by atoms with van der Waals surface area (Å²) in [5.41, 5.74) is 1.25. The van der Waals surface area contributed by atoms with E-state index in [-0.39, 0.29) is 0 Å². The van der Waals surface area contributed by atoms with Gasteiger partial charge in [0.15, 0.2) is 0 Å². The molecule has 1 N–H and O–H groups in total. The van der Waals surface area contributed by atoms with E-state index in [1.807, 2.05) is 12.1 Å². The third-order valence-corrected chi connectivity index (χ3v) is 4.95. The number of halogens is 1. The van der Waals surface area contributed by atoms with Crippen LogP contribution < -0.4 is 10.1 Å². The summed E-state index contributed by atoms with van der Waals surface area (Å²) in [6.07, 6.45) is 0.965. The standard InChI is InChI=1S/C15H18BrNOS/c1-11(17-10-15-13(16)7-8-19-15)9-12-5-3-4-6-14(12)18-2/h3-8,11,17H,9-10H2,1-2H3. The highest BCUT2D eigenvalue weighted by atomic mass is 79.9. The number of hydrogen-bond acceptors (Lipinski definition) is 3. The molecule has 19 heavy (non-hydrogen) atoms. The summed E-state index contributed by atoms with van der Waals surface area (Å²) in [5, 5.41) is 5.65. The van der Waals surface area contributed by atoms with Crippen molar-refractivity contribution in [2.45, 2.75) is 25.9 Å². The first-order valence-electron chi connectivity index (χ1n) is 6.28. The van der Waals surface area contributed by atoms with Crippen molar-refractivity contribution in [3.8, 4) is 5.75 Å². The van der Waals surface area contributed by atoms with Gasteiger partial charge in [-0.3, -0.25) is 0 Å². The maximum Gasteiger partial charge on any atom is 0.122 e. The normalized spacial score (nSPS) is 12.4. The minimum atomic E-state index is 0.408. The third-order valence-electron chi connectivity index (χ3n) is 3.02. The predicted octanol–water partition coefficient (Wildman–Crippen LogP) is 4.24. The van der Waals surface area contributed by atoms with Crippen LogP contribution in [0, 0.1) is 0 Å². The van der Waals surface area contributed by atoms with E-state index in [0.29, 0.717) is 6.04 Å². The number of thiophene rings is 1. The molecule has 0 amide bonds. The monoisotopic (exact) mass is 339 g/mol. The zero-order valence-electron chi connectivity index (χ0n) is 11.2. The molecule has 0 fully saturated rings. The van der Waals surface area contributed by atoms with E-state index in [0.717, 1.165) is 18.7 Å². The van der Waals surface area contributed by atoms with Gasteiger partial charge in [0.1, 0.15) is 5.75 Å². The van der Waals surface area contributed by atoms with E-state index in [4.69, 9.17) is 4.74 Å². The number of methoxy groups -OCH3 is 1. The maximum atomic E-state index is 5.38. The van der Waals surface area contributed by atoms with Crippen molar-refractivity contribution in [2.75, 3.05) is 7.11 Å². The van der Waals surface area contributed by atoms with E-state index in [2.05, 4.69) is 51.7 Å². The predicted molar refractivity (Wildman–Crippen MR) is 85.0 cm³/mol. The highest BCUT2D eigenvalue weighted by Gasteiger charge is 2.08. The smallest absolute Gasteiger partial charge is 0.122 e. The second-order valence-electron chi connectivity index (χ2n) is 4.49. The molecule has 1 aromatic heterocycles. The Morgan fingerprint density at radius 2 is 2.11 bits per heavy atom. The molecule has 0 spiro atoms. The summed E-state index contributed by atoms with van der Waals surface area (Å²) in [5.74, 6) is 0.966. The van der Waals surface area contributed by atoms with E-state index >= 15 is 0 Å². The van der Waals surface area contributed by atoms with E-state index < -0.39 is 0 Å². The Bertz CT molecular complexity index is 526. The molecule has 0 saturated carbocycles. The fraction of sp³-hybridized carbons (Fsp3) is 0.333. The summed E-state index contributed by atoms with van der Waals surface area (Å²) in [6, 6.07) is 10.7.